The molecule has 0 aliphatic carbocycles. The standard InChI is InChI=1S/C15H12ClN3O3S/c16-10-6-8-11(9-7-10)17-14(20)13(18-21)15(19-22)23-12-4-2-1-3-5-12/h1-9,21-22H,(H,17,20). The predicted octanol–water partition coefficient (Wildman–Crippen LogP) is 3.69. The molecular formula is C15H12ClN3O3S. The Morgan fingerprint density at radius 2 is 1.65 bits per heavy atom. The zero-order valence-electron chi connectivity index (χ0n) is 11.7. The first-order chi connectivity index (χ1) is 11.1. The van der Waals surface area contributed by atoms with E-state index in [1.165, 1.54) is 0 Å². The fraction of sp³-hybridized carbons (Fsp3) is 0. The third-order valence-corrected chi connectivity index (χ3v) is 3.90. The molecule has 0 saturated heterocycles. The maximum atomic E-state index is 12.2. The highest BCUT2D eigenvalue weighted by Crippen LogP contribution is 2.20. The Morgan fingerprint density at radius 1 is 1.00 bits per heavy atom. The number of carbonyl (C=O) groups excluding carboxylic acids is 1. The summed E-state index contributed by atoms with van der Waals surface area (Å²) in [6.45, 7) is 0. The van der Waals surface area contributed by atoms with Gasteiger partial charge in [-0.3, -0.25) is 4.79 Å². The molecule has 2 aromatic carbocycles. The van der Waals surface area contributed by atoms with Crippen LogP contribution in [0, 0.1) is 0 Å². The topological polar surface area (TPSA) is 94.3 Å². The molecule has 23 heavy (non-hydrogen) atoms. The van der Waals surface area contributed by atoms with Gasteiger partial charge in [-0.05, 0) is 36.4 Å². The third kappa shape index (κ3) is 4.73. The highest BCUT2D eigenvalue weighted by Gasteiger charge is 2.21. The number of oxime groups is 2. The van der Waals surface area contributed by atoms with Gasteiger partial charge in [0.2, 0.25) is 5.71 Å². The van der Waals surface area contributed by atoms with Crippen LogP contribution >= 0.6 is 23.4 Å². The Morgan fingerprint density at radius 3 is 2.22 bits per heavy atom. The van der Waals surface area contributed by atoms with Crippen molar-refractivity contribution in [2.45, 2.75) is 4.90 Å². The second-order valence-corrected chi connectivity index (χ2v) is 5.73. The zero-order valence-corrected chi connectivity index (χ0v) is 13.3. The molecule has 1 amide bonds. The van der Waals surface area contributed by atoms with E-state index in [1.54, 1.807) is 48.5 Å². The van der Waals surface area contributed by atoms with Gasteiger partial charge < -0.3 is 15.7 Å². The maximum Gasteiger partial charge on any atom is 0.280 e. The number of benzene rings is 2. The molecule has 0 bridgehead atoms. The van der Waals surface area contributed by atoms with Gasteiger partial charge in [0.1, 0.15) is 0 Å². The van der Waals surface area contributed by atoms with Crippen LogP contribution in [0.15, 0.2) is 69.8 Å². The second-order valence-electron chi connectivity index (χ2n) is 4.23. The Kier molecular flexibility index (Phi) is 6.02. The summed E-state index contributed by atoms with van der Waals surface area (Å²) in [7, 11) is 0. The molecule has 8 heteroatoms. The average molecular weight is 350 g/mol. The van der Waals surface area contributed by atoms with Crippen LogP contribution in [-0.2, 0) is 4.79 Å². The summed E-state index contributed by atoms with van der Waals surface area (Å²) in [6, 6.07) is 15.3. The molecule has 3 N–H and O–H groups in total. The van der Waals surface area contributed by atoms with E-state index in [0.717, 1.165) is 16.7 Å². The highest BCUT2D eigenvalue weighted by molar-refractivity contribution is 8.16. The van der Waals surface area contributed by atoms with Gasteiger partial charge in [0.25, 0.3) is 5.91 Å². The number of nitrogens with one attached hydrogen (secondary N) is 1. The molecule has 0 aliphatic heterocycles. The lowest BCUT2D eigenvalue weighted by Gasteiger charge is -2.08. The number of carbonyl (C=O) groups is 1. The second kappa shape index (κ2) is 8.21. The fourth-order valence-electron chi connectivity index (χ4n) is 1.63. The van der Waals surface area contributed by atoms with Crippen LogP contribution in [-0.4, -0.2) is 27.1 Å². The van der Waals surface area contributed by atoms with Crippen LogP contribution in [0.25, 0.3) is 0 Å². The van der Waals surface area contributed by atoms with Crippen LogP contribution in [0.4, 0.5) is 5.69 Å². The molecule has 0 fully saturated rings. The maximum absolute atomic E-state index is 12.2. The van der Waals surface area contributed by atoms with Crippen molar-refractivity contribution in [3.05, 3.63) is 59.6 Å². The predicted molar refractivity (Wildman–Crippen MR) is 90.8 cm³/mol. The molecule has 2 aromatic rings. The van der Waals surface area contributed by atoms with Crippen molar-refractivity contribution < 1.29 is 15.2 Å². The third-order valence-electron chi connectivity index (χ3n) is 2.67. The van der Waals surface area contributed by atoms with Crippen LogP contribution < -0.4 is 5.32 Å². The molecule has 0 atom stereocenters. The number of nitrogens with zero attached hydrogens (tertiary/aromatic N) is 2. The Balaban J connectivity index is 2.13. The number of anilines is 1. The summed E-state index contributed by atoms with van der Waals surface area (Å²) < 4.78 is 0. The molecule has 0 spiro atoms. The Hall–Kier alpha value is -2.51. The Labute approximate surface area is 141 Å². The molecule has 118 valence electrons. The van der Waals surface area contributed by atoms with E-state index in [9.17, 15) is 4.79 Å². The summed E-state index contributed by atoms with van der Waals surface area (Å²) >= 11 is 6.76. The number of hydrogen-bond acceptors (Lipinski definition) is 6. The minimum absolute atomic E-state index is 0.134. The van der Waals surface area contributed by atoms with E-state index in [1.807, 2.05) is 6.07 Å². The van der Waals surface area contributed by atoms with Gasteiger partial charge in [0, 0.05) is 15.6 Å². The molecule has 0 radical (unpaired) electrons. The van der Waals surface area contributed by atoms with Gasteiger partial charge in [-0.15, -0.1) is 0 Å². The van der Waals surface area contributed by atoms with Crippen LogP contribution in [0.3, 0.4) is 0 Å². The smallest absolute Gasteiger partial charge is 0.280 e. The first kappa shape index (κ1) is 16.9. The summed E-state index contributed by atoms with van der Waals surface area (Å²) in [4.78, 5) is 12.9. The van der Waals surface area contributed by atoms with Crippen molar-refractivity contribution in [3.63, 3.8) is 0 Å². The lowest BCUT2D eigenvalue weighted by molar-refractivity contribution is -0.110. The normalized spacial score (nSPS) is 12.0. The van der Waals surface area contributed by atoms with Crippen LogP contribution in [0.1, 0.15) is 0 Å². The number of hydrogen-bond donors (Lipinski definition) is 3. The van der Waals surface area contributed by atoms with E-state index in [-0.39, 0.29) is 5.04 Å². The lowest BCUT2D eigenvalue weighted by atomic mass is 10.3. The quantitative estimate of drug-likeness (QED) is 0.258. The largest absolute Gasteiger partial charge is 0.410 e. The van der Waals surface area contributed by atoms with Crippen LogP contribution in [0.2, 0.25) is 5.02 Å². The summed E-state index contributed by atoms with van der Waals surface area (Å²) in [5, 5.41) is 27.1. The SMILES string of the molecule is O=C(Nc1ccc(Cl)cc1)C(=NO)C(=NO)Sc1ccccc1. The first-order valence-corrected chi connectivity index (χ1v) is 7.58. The monoisotopic (exact) mass is 349 g/mol. The number of halogens is 1. The van der Waals surface area contributed by atoms with E-state index in [4.69, 9.17) is 22.0 Å². The molecule has 0 aromatic heterocycles. The van der Waals surface area contributed by atoms with Crippen molar-refractivity contribution >= 4 is 45.7 Å². The van der Waals surface area contributed by atoms with Crippen molar-refractivity contribution in [3.8, 4) is 0 Å². The minimum atomic E-state index is -0.717. The highest BCUT2D eigenvalue weighted by atomic mass is 35.5. The van der Waals surface area contributed by atoms with Crippen molar-refractivity contribution in [2.75, 3.05) is 5.32 Å². The van der Waals surface area contributed by atoms with Crippen molar-refractivity contribution in [1.82, 2.24) is 0 Å². The summed E-state index contributed by atoms with van der Waals surface area (Å²) in [6.07, 6.45) is 0. The molecule has 0 unspecified atom stereocenters. The van der Waals surface area contributed by atoms with Gasteiger partial charge in [-0.25, -0.2) is 0 Å². The Bertz CT molecular complexity index is 733. The van der Waals surface area contributed by atoms with E-state index >= 15 is 0 Å². The molecule has 6 nitrogen and oxygen atoms in total. The van der Waals surface area contributed by atoms with Gasteiger partial charge in [0.05, 0.1) is 0 Å². The summed E-state index contributed by atoms with van der Waals surface area (Å²) in [5.41, 5.74) is 0.0545. The van der Waals surface area contributed by atoms with Gasteiger partial charge >= 0.3 is 0 Å². The molecule has 2 rings (SSSR count). The van der Waals surface area contributed by atoms with E-state index in [0.29, 0.717) is 10.7 Å². The summed E-state index contributed by atoms with van der Waals surface area (Å²) in [5.74, 6) is -0.717. The van der Waals surface area contributed by atoms with Crippen LogP contribution in [0.5, 0.6) is 0 Å². The van der Waals surface area contributed by atoms with Crippen molar-refractivity contribution in [2.24, 2.45) is 10.3 Å². The van der Waals surface area contributed by atoms with Gasteiger partial charge in [0.15, 0.2) is 5.04 Å². The van der Waals surface area contributed by atoms with E-state index < -0.39 is 11.6 Å². The minimum Gasteiger partial charge on any atom is -0.410 e. The van der Waals surface area contributed by atoms with E-state index in [2.05, 4.69) is 15.6 Å². The molecular weight excluding hydrogens is 338 g/mol. The molecule has 0 saturated carbocycles. The average Bonchev–Trinajstić information content (AvgIpc) is 2.57. The van der Waals surface area contributed by atoms with Gasteiger partial charge in [-0.2, -0.15) is 0 Å². The fourth-order valence-corrected chi connectivity index (χ4v) is 2.54. The number of amides is 1. The molecule has 0 heterocycles. The zero-order chi connectivity index (χ0) is 16.7. The first-order valence-electron chi connectivity index (χ1n) is 6.38. The molecule has 0 aliphatic rings. The lowest BCUT2D eigenvalue weighted by Crippen LogP contribution is -2.28. The van der Waals surface area contributed by atoms with Gasteiger partial charge in [-0.1, -0.05) is 51.9 Å². The number of thioether (sulfide) groups is 1. The van der Waals surface area contributed by atoms with Crippen molar-refractivity contribution in [1.29, 1.82) is 0 Å². The number of rotatable bonds is 4.